The van der Waals surface area contributed by atoms with Crippen molar-refractivity contribution in [2.45, 2.75) is 6.92 Å². The van der Waals surface area contributed by atoms with Crippen LogP contribution in [-0.2, 0) is 9.63 Å². The van der Waals surface area contributed by atoms with E-state index in [2.05, 4.69) is 5.16 Å². The number of nitrogens with one attached hydrogen (secondary N) is 1. The summed E-state index contributed by atoms with van der Waals surface area (Å²) in [7, 11) is 0. The molecule has 0 unspecified atom stereocenters. The van der Waals surface area contributed by atoms with Crippen LogP contribution in [-0.4, -0.2) is 18.2 Å². The Labute approximate surface area is 82.4 Å². The number of hydrogen-bond acceptors (Lipinski definition) is 3. The van der Waals surface area contributed by atoms with E-state index in [-0.39, 0.29) is 5.71 Å². The summed E-state index contributed by atoms with van der Waals surface area (Å²) in [6, 6.07) is 8.81. The van der Waals surface area contributed by atoms with E-state index in [1.54, 1.807) is 31.2 Å². The molecule has 0 aliphatic rings. The van der Waals surface area contributed by atoms with E-state index < -0.39 is 5.91 Å². The van der Waals surface area contributed by atoms with Crippen molar-refractivity contribution < 1.29 is 9.63 Å². The summed E-state index contributed by atoms with van der Waals surface area (Å²) in [6.45, 7) is 2.14. The Hall–Kier alpha value is -1.84. The van der Waals surface area contributed by atoms with Gasteiger partial charge >= 0.3 is 0 Å². The maximum atomic E-state index is 10.9. The summed E-state index contributed by atoms with van der Waals surface area (Å²) < 4.78 is 0. The van der Waals surface area contributed by atoms with Crippen molar-refractivity contribution >= 4 is 11.6 Å². The third kappa shape index (κ3) is 2.58. The molecular formula is C10H11N2O2. The maximum absolute atomic E-state index is 10.9. The van der Waals surface area contributed by atoms with Crippen molar-refractivity contribution in [3.8, 4) is 0 Å². The number of carbonyl (C=O) groups excluding carboxylic acids is 1. The smallest absolute Gasteiger partial charge is 0.292 e. The minimum absolute atomic E-state index is 0.0347. The lowest BCUT2D eigenvalue weighted by Gasteiger charge is -2.00. The summed E-state index contributed by atoms with van der Waals surface area (Å²) >= 11 is 0. The van der Waals surface area contributed by atoms with Gasteiger partial charge in [0.05, 0.1) is 0 Å². The Morgan fingerprint density at radius 3 is 2.57 bits per heavy atom. The first-order chi connectivity index (χ1) is 6.75. The van der Waals surface area contributed by atoms with Gasteiger partial charge in [0.1, 0.15) is 6.61 Å². The van der Waals surface area contributed by atoms with Gasteiger partial charge in [-0.1, -0.05) is 35.5 Å². The van der Waals surface area contributed by atoms with E-state index in [4.69, 9.17) is 10.6 Å². The molecule has 4 heteroatoms. The molecule has 1 rings (SSSR count). The molecule has 14 heavy (non-hydrogen) atoms. The fourth-order valence-electron chi connectivity index (χ4n) is 0.950. The zero-order chi connectivity index (χ0) is 10.4. The van der Waals surface area contributed by atoms with Gasteiger partial charge in [0, 0.05) is 5.56 Å². The predicted octanol–water partition coefficient (Wildman–Crippen LogP) is 1.24. The van der Waals surface area contributed by atoms with Crippen LogP contribution in [0.3, 0.4) is 0 Å². The van der Waals surface area contributed by atoms with Crippen LogP contribution < -0.4 is 5.73 Å². The van der Waals surface area contributed by atoms with Crippen molar-refractivity contribution in [1.29, 1.82) is 0 Å². The molecule has 0 atom stereocenters. The van der Waals surface area contributed by atoms with Gasteiger partial charge in [0.25, 0.3) is 5.91 Å². The SMILES string of the molecule is CCO/N=C(\C([NH])=O)c1ccccc1. The fraction of sp³-hybridized carbons (Fsp3) is 0.200. The summed E-state index contributed by atoms with van der Waals surface area (Å²) in [5.74, 6) is -0.843. The Morgan fingerprint density at radius 1 is 1.43 bits per heavy atom. The highest BCUT2D eigenvalue weighted by Gasteiger charge is 2.10. The van der Waals surface area contributed by atoms with Crippen LogP contribution in [0.2, 0.25) is 0 Å². The van der Waals surface area contributed by atoms with Gasteiger partial charge < -0.3 is 4.84 Å². The molecule has 0 bridgehead atoms. The minimum atomic E-state index is -0.843. The quantitative estimate of drug-likeness (QED) is 0.531. The van der Waals surface area contributed by atoms with Crippen LogP contribution in [0.15, 0.2) is 35.5 Å². The zero-order valence-electron chi connectivity index (χ0n) is 7.86. The van der Waals surface area contributed by atoms with E-state index >= 15 is 0 Å². The van der Waals surface area contributed by atoms with Gasteiger partial charge in [-0.25, -0.2) is 0 Å². The summed E-state index contributed by atoms with van der Waals surface area (Å²) in [5, 5.41) is 3.59. The number of nitrogens with zero attached hydrogens (tertiary/aromatic N) is 1. The summed E-state index contributed by atoms with van der Waals surface area (Å²) in [5.41, 5.74) is 7.63. The second kappa shape index (κ2) is 5.01. The summed E-state index contributed by atoms with van der Waals surface area (Å²) in [4.78, 5) is 15.7. The van der Waals surface area contributed by atoms with Gasteiger partial charge in [-0.3, -0.25) is 10.5 Å². The van der Waals surface area contributed by atoms with Gasteiger partial charge in [0.2, 0.25) is 0 Å². The van der Waals surface area contributed by atoms with Crippen LogP contribution in [0.4, 0.5) is 0 Å². The second-order valence-corrected chi connectivity index (χ2v) is 2.55. The molecule has 0 aliphatic carbocycles. The van der Waals surface area contributed by atoms with Crippen molar-refractivity contribution in [2.75, 3.05) is 6.61 Å². The van der Waals surface area contributed by atoms with Crippen molar-refractivity contribution in [3.63, 3.8) is 0 Å². The van der Waals surface area contributed by atoms with E-state index in [9.17, 15) is 4.79 Å². The highest BCUT2D eigenvalue weighted by Crippen LogP contribution is 2.01. The van der Waals surface area contributed by atoms with Gasteiger partial charge in [0.15, 0.2) is 5.71 Å². The number of carbonyl (C=O) groups is 1. The normalized spacial score (nSPS) is 11.1. The van der Waals surface area contributed by atoms with E-state index in [0.717, 1.165) is 0 Å². The van der Waals surface area contributed by atoms with Crippen molar-refractivity contribution in [3.05, 3.63) is 35.9 Å². The summed E-state index contributed by atoms with van der Waals surface area (Å²) in [6.07, 6.45) is 0. The molecule has 0 aliphatic heterocycles. The van der Waals surface area contributed by atoms with Crippen LogP contribution in [0.5, 0.6) is 0 Å². The van der Waals surface area contributed by atoms with Crippen LogP contribution in [0, 0.1) is 0 Å². The number of rotatable bonds is 4. The first-order valence-electron chi connectivity index (χ1n) is 4.27. The number of oxime groups is 1. The standard InChI is InChI=1S/C10H11N2O2/c1-2-14-12-9(10(11)13)8-6-4-3-5-7-8/h3-7,11H,2H2,1H3/b12-9-. The molecule has 0 spiro atoms. The molecule has 4 nitrogen and oxygen atoms in total. The molecule has 1 N–H and O–H groups in total. The van der Waals surface area contributed by atoms with Gasteiger partial charge in [-0.15, -0.1) is 0 Å². The molecule has 1 amide bonds. The molecule has 0 saturated carbocycles. The average Bonchev–Trinajstić information content (AvgIpc) is 2.19. The average molecular weight is 191 g/mol. The van der Waals surface area contributed by atoms with Gasteiger partial charge in [-0.05, 0) is 6.92 Å². The zero-order valence-corrected chi connectivity index (χ0v) is 7.86. The predicted molar refractivity (Wildman–Crippen MR) is 52.7 cm³/mol. The molecule has 0 aromatic heterocycles. The third-order valence-corrected chi connectivity index (χ3v) is 1.55. The topological polar surface area (TPSA) is 62.5 Å². The highest BCUT2D eigenvalue weighted by molar-refractivity contribution is 6.44. The Kier molecular flexibility index (Phi) is 3.67. The molecule has 0 saturated heterocycles. The van der Waals surface area contributed by atoms with Crippen molar-refractivity contribution in [1.82, 2.24) is 5.73 Å². The van der Waals surface area contributed by atoms with Crippen LogP contribution in [0.25, 0.3) is 0 Å². The van der Waals surface area contributed by atoms with E-state index in [1.807, 2.05) is 6.07 Å². The highest BCUT2D eigenvalue weighted by atomic mass is 16.6. The van der Waals surface area contributed by atoms with Crippen molar-refractivity contribution in [2.24, 2.45) is 5.16 Å². The Bertz CT molecular complexity index is 333. The number of hydrogen-bond donors (Lipinski definition) is 0. The Balaban J connectivity index is 2.95. The first-order valence-corrected chi connectivity index (χ1v) is 4.27. The largest absolute Gasteiger partial charge is 0.395 e. The molecule has 1 radical (unpaired) electrons. The van der Waals surface area contributed by atoms with E-state index in [1.165, 1.54) is 0 Å². The molecule has 1 aromatic rings. The molecule has 73 valence electrons. The maximum Gasteiger partial charge on any atom is 0.292 e. The lowest BCUT2D eigenvalue weighted by molar-refractivity contribution is -0.112. The third-order valence-electron chi connectivity index (χ3n) is 1.55. The Morgan fingerprint density at radius 2 is 2.07 bits per heavy atom. The fourth-order valence-corrected chi connectivity index (χ4v) is 0.950. The molecule has 1 aromatic carbocycles. The lowest BCUT2D eigenvalue weighted by atomic mass is 10.1. The van der Waals surface area contributed by atoms with Gasteiger partial charge in [-0.2, -0.15) is 0 Å². The molecular weight excluding hydrogens is 180 g/mol. The lowest BCUT2D eigenvalue weighted by Crippen LogP contribution is -2.16. The molecule has 0 fully saturated rings. The molecule has 0 heterocycles. The van der Waals surface area contributed by atoms with Crippen LogP contribution >= 0.6 is 0 Å². The number of benzene rings is 1. The van der Waals surface area contributed by atoms with Crippen LogP contribution in [0.1, 0.15) is 12.5 Å². The van der Waals surface area contributed by atoms with E-state index in [0.29, 0.717) is 12.2 Å². The minimum Gasteiger partial charge on any atom is -0.395 e. The first kappa shape index (κ1) is 10.2. The monoisotopic (exact) mass is 191 g/mol. The number of amides is 1. The second-order valence-electron chi connectivity index (χ2n) is 2.55.